The number of nitrogens with zero attached hydrogens (tertiary/aromatic N) is 1. The Morgan fingerprint density at radius 1 is 1.24 bits per heavy atom. The van der Waals surface area contributed by atoms with Crippen molar-refractivity contribution in [2.45, 2.75) is 27.2 Å². The van der Waals surface area contributed by atoms with E-state index in [1.807, 2.05) is 13.0 Å². The molecule has 0 saturated heterocycles. The summed E-state index contributed by atoms with van der Waals surface area (Å²) in [5.41, 5.74) is 6.13. The number of aryl methyl sites for hydroxylation is 3. The number of thiazole rings is 1. The molecule has 2 nitrogen and oxygen atoms in total. The molecule has 0 aliphatic carbocycles. The quantitative estimate of drug-likeness (QED) is 0.775. The molecule has 0 unspecified atom stereocenters. The number of rotatable bonds is 3. The van der Waals surface area contributed by atoms with Crippen LogP contribution in [-0.4, -0.2) is 10.8 Å². The minimum absolute atomic E-state index is 0.160. The van der Waals surface area contributed by atoms with Crippen LogP contribution in [0.15, 0.2) is 23.7 Å². The average molecular weight is 245 g/mol. The minimum Gasteiger partial charge on any atom is -0.293 e. The molecule has 0 atom stereocenters. The van der Waals surface area contributed by atoms with E-state index in [0.717, 1.165) is 16.1 Å². The van der Waals surface area contributed by atoms with Crippen LogP contribution >= 0.6 is 11.3 Å². The first-order chi connectivity index (χ1) is 8.08. The second-order valence-corrected chi connectivity index (χ2v) is 5.14. The van der Waals surface area contributed by atoms with Gasteiger partial charge in [0.05, 0.1) is 16.1 Å². The molecule has 1 heterocycles. The van der Waals surface area contributed by atoms with Crippen LogP contribution in [0.2, 0.25) is 0 Å². The third kappa shape index (κ3) is 2.61. The molecule has 17 heavy (non-hydrogen) atoms. The Bertz CT molecular complexity index is 557. The van der Waals surface area contributed by atoms with Crippen LogP contribution in [0.5, 0.6) is 0 Å². The summed E-state index contributed by atoms with van der Waals surface area (Å²) in [6.45, 7) is 6.03. The Hall–Kier alpha value is -1.48. The number of hydrogen-bond acceptors (Lipinski definition) is 3. The van der Waals surface area contributed by atoms with Gasteiger partial charge >= 0.3 is 0 Å². The third-order valence-corrected chi connectivity index (χ3v) is 3.90. The molecule has 88 valence electrons. The molecule has 0 fully saturated rings. The van der Waals surface area contributed by atoms with E-state index in [0.29, 0.717) is 6.42 Å². The average Bonchev–Trinajstić information content (AvgIpc) is 2.70. The topological polar surface area (TPSA) is 30.0 Å². The number of benzene rings is 1. The smallest absolute Gasteiger partial charge is 0.179 e. The van der Waals surface area contributed by atoms with Crippen LogP contribution in [0, 0.1) is 20.8 Å². The van der Waals surface area contributed by atoms with Gasteiger partial charge in [-0.2, -0.15) is 0 Å². The Kier molecular flexibility index (Phi) is 3.38. The Labute approximate surface area is 105 Å². The van der Waals surface area contributed by atoms with Gasteiger partial charge in [-0.15, -0.1) is 11.3 Å². The van der Waals surface area contributed by atoms with Gasteiger partial charge in [0.2, 0.25) is 0 Å². The van der Waals surface area contributed by atoms with Gasteiger partial charge in [0.1, 0.15) is 0 Å². The largest absolute Gasteiger partial charge is 0.293 e. The van der Waals surface area contributed by atoms with E-state index in [2.05, 4.69) is 31.0 Å². The Morgan fingerprint density at radius 3 is 2.59 bits per heavy atom. The fourth-order valence-electron chi connectivity index (χ4n) is 1.75. The lowest BCUT2D eigenvalue weighted by atomic mass is 10.0. The van der Waals surface area contributed by atoms with Crippen molar-refractivity contribution in [3.63, 3.8) is 0 Å². The van der Waals surface area contributed by atoms with Crippen molar-refractivity contribution < 1.29 is 4.79 Å². The zero-order valence-electron chi connectivity index (χ0n) is 10.3. The second-order valence-electron chi connectivity index (χ2n) is 4.29. The van der Waals surface area contributed by atoms with Crippen molar-refractivity contribution in [3.05, 3.63) is 51.0 Å². The third-order valence-electron chi connectivity index (χ3n) is 2.93. The van der Waals surface area contributed by atoms with Gasteiger partial charge in [0, 0.05) is 6.42 Å². The molecule has 1 aromatic heterocycles. The summed E-state index contributed by atoms with van der Waals surface area (Å²) in [6, 6.07) is 6.18. The van der Waals surface area contributed by atoms with Gasteiger partial charge < -0.3 is 0 Å². The number of carbonyl (C=O) groups is 1. The van der Waals surface area contributed by atoms with E-state index < -0.39 is 0 Å². The van der Waals surface area contributed by atoms with Gasteiger partial charge in [-0.3, -0.25) is 4.79 Å². The summed E-state index contributed by atoms with van der Waals surface area (Å²) in [4.78, 5) is 17.0. The van der Waals surface area contributed by atoms with E-state index in [-0.39, 0.29) is 5.78 Å². The van der Waals surface area contributed by atoms with Crippen LogP contribution in [0.25, 0.3) is 0 Å². The van der Waals surface area contributed by atoms with Crippen molar-refractivity contribution in [1.82, 2.24) is 4.98 Å². The molecule has 0 amide bonds. The highest BCUT2D eigenvalue weighted by molar-refractivity contribution is 7.11. The van der Waals surface area contributed by atoms with E-state index in [1.54, 1.807) is 5.51 Å². The molecule has 2 rings (SSSR count). The van der Waals surface area contributed by atoms with Gasteiger partial charge in [0.25, 0.3) is 0 Å². The number of aromatic nitrogens is 1. The summed E-state index contributed by atoms with van der Waals surface area (Å²) in [5, 5.41) is 0. The molecule has 1 aromatic carbocycles. The number of hydrogen-bond donors (Lipinski definition) is 0. The zero-order chi connectivity index (χ0) is 12.4. The van der Waals surface area contributed by atoms with Crippen molar-refractivity contribution in [2.75, 3.05) is 0 Å². The van der Waals surface area contributed by atoms with E-state index in [9.17, 15) is 4.79 Å². The first kappa shape index (κ1) is 12.0. The Balaban J connectivity index is 2.19. The predicted molar refractivity (Wildman–Crippen MR) is 70.8 cm³/mol. The molecule has 0 spiro atoms. The Morgan fingerprint density at radius 2 is 2.00 bits per heavy atom. The van der Waals surface area contributed by atoms with Crippen LogP contribution in [0.4, 0.5) is 0 Å². The van der Waals surface area contributed by atoms with Crippen LogP contribution < -0.4 is 0 Å². The normalized spacial score (nSPS) is 10.5. The molecule has 3 heteroatoms. The molecule has 0 N–H and O–H groups in total. The maximum absolute atomic E-state index is 12.1. The second kappa shape index (κ2) is 4.80. The minimum atomic E-state index is 0.160. The fraction of sp³-hybridized carbons (Fsp3) is 0.286. The lowest BCUT2D eigenvalue weighted by molar-refractivity contribution is 0.0996. The summed E-state index contributed by atoms with van der Waals surface area (Å²) < 4.78 is 0. The molecule has 0 bridgehead atoms. The van der Waals surface area contributed by atoms with Gasteiger partial charge in [-0.1, -0.05) is 18.2 Å². The number of carbonyl (C=O) groups excluding carboxylic acids is 1. The maximum Gasteiger partial charge on any atom is 0.179 e. The van der Waals surface area contributed by atoms with Crippen LogP contribution in [0.1, 0.15) is 32.1 Å². The van der Waals surface area contributed by atoms with Crippen LogP contribution in [-0.2, 0) is 6.42 Å². The standard InChI is InChI=1S/C14H15NOS/c1-9-4-5-12(6-10(9)2)7-13(16)14-11(3)15-8-17-14/h4-6,8H,7H2,1-3H3. The molecule has 0 aliphatic heterocycles. The maximum atomic E-state index is 12.1. The molecular formula is C14H15NOS. The molecule has 0 aliphatic rings. The van der Waals surface area contributed by atoms with Crippen molar-refractivity contribution in [1.29, 1.82) is 0 Å². The fourth-order valence-corrected chi connectivity index (χ4v) is 2.49. The van der Waals surface area contributed by atoms with Gasteiger partial charge in [-0.25, -0.2) is 4.98 Å². The van der Waals surface area contributed by atoms with Gasteiger partial charge in [-0.05, 0) is 37.5 Å². The van der Waals surface area contributed by atoms with E-state index in [4.69, 9.17) is 0 Å². The first-order valence-corrected chi connectivity index (χ1v) is 6.45. The van der Waals surface area contributed by atoms with Crippen molar-refractivity contribution in [2.24, 2.45) is 0 Å². The zero-order valence-corrected chi connectivity index (χ0v) is 11.1. The summed E-state index contributed by atoms with van der Waals surface area (Å²) in [5.74, 6) is 0.160. The predicted octanol–water partition coefficient (Wildman–Crippen LogP) is 3.49. The van der Waals surface area contributed by atoms with E-state index in [1.165, 1.54) is 22.5 Å². The lowest BCUT2D eigenvalue weighted by Crippen LogP contribution is -2.03. The molecule has 0 saturated carbocycles. The molecule has 2 aromatic rings. The molecule has 0 radical (unpaired) electrons. The van der Waals surface area contributed by atoms with E-state index >= 15 is 0 Å². The first-order valence-electron chi connectivity index (χ1n) is 5.57. The highest BCUT2D eigenvalue weighted by atomic mass is 32.1. The summed E-state index contributed by atoms with van der Waals surface area (Å²) in [7, 11) is 0. The monoisotopic (exact) mass is 245 g/mol. The lowest BCUT2D eigenvalue weighted by Gasteiger charge is -2.04. The SMILES string of the molecule is Cc1ccc(CC(=O)c2scnc2C)cc1C. The van der Waals surface area contributed by atoms with Crippen LogP contribution in [0.3, 0.4) is 0 Å². The van der Waals surface area contributed by atoms with Gasteiger partial charge in [0.15, 0.2) is 5.78 Å². The highest BCUT2D eigenvalue weighted by Gasteiger charge is 2.12. The number of Topliss-reactive ketones (excluding diaryl/α,β-unsaturated/α-hetero) is 1. The summed E-state index contributed by atoms with van der Waals surface area (Å²) in [6.07, 6.45) is 0.462. The highest BCUT2D eigenvalue weighted by Crippen LogP contribution is 2.17. The molecular weight excluding hydrogens is 230 g/mol. The summed E-state index contributed by atoms with van der Waals surface area (Å²) >= 11 is 1.42. The van der Waals surface area contributed by atoms with Crippen molar-refractivity contribution in [3.8, 4) is 0 Å². The number of ketones is 1. The van der Waals surface area contributed by atoms with Crippen molar-refractivity contribution >= 4 is 17.1 Å².